The number of esters is 1. The summed E-state index contributed by atoms with van der Waals surface area (Å²) in [7, 11) is 1.15. The van der Waals surface area contributed by atoms with Gasteiger partial charge in [-0.15, -0.1) is 0 Å². The molecule has 1 aliphatic rings. The number of methoxy groups -OCH3 is 1. The Bertz CT molecular complexity index is 554. The van der Waals surface area contributed by atoms with Crippen LogP contribution in [0.3, 0.4) is 0 Å². The maximum Gasteiger partial charge on any atom is 0.413 e. The van der Waals surface area contributed by atoms with E-state index < -0.39 is 53.6 Å². The first-order chi connectivity index (χ1) is 11.7. The van der Waals surface area contributed by atoms with Crippen LogP contribution in [0.15, 0.2) is 0 Å². The van der Waals surface area contributed by atoms with Crippen LogP contribution < -0.4 is 5.32 Å². The van der Waals surface area contributed by atoms with E-state index in [0.717, 1.165) is 7.11 Å². The molecule has 1 saturated heterocycles. The van der Waals surface area contributed by atoms with Crippen molar-refractivity contribution in [3.63, 3.8) is 0 Å². The minimum atomic E-state index is -1.26. The Morgan fingerprint density at radius 2 is 1.81 bits per heavy atom. The van der Waals surface area contributed by atoms with Crippen molar-refractivity contribution in [3.8, 4) is 0 Å². The second-order valence-corrected chi connectivity index (χ2v) is 7.81. The normalized spacial score (nSPS) is 24.6. The lowest BCUT2D eigenvalue weighted by atomic mass is 10.1. The predicted octanol–water partition coefficient (Wildman–Crippen LogP) is 0.786. The van der Waals surface area contributed by atoms with E-state index in [1.165, 1.54) is 11.8 Å². The number of carbonyl (C=O) groups is 3. The molecule has 2 N–H and O–H groups in total. The summed E-state index contributed by atoms with van der Waals surface area (Å²) in [6.07, 6.45) is -2.53. The molecule has 9 nitrogen and oxygen atoms in total. The summed E-state index contributed by atoms with van der Waals surface area (Å²) in [6.45, 7) is 11.4. The van der Waals surface area contributed by atoms with Gasteiger partial charge in [0.25, 0.3) is 0 Å². The van der Waals surface area contributed by atoms with Gasteiger partial charge < -0.3 is 24.6 Å². The van der Waals surface area contributed by atoms with Gasteiger partial charge in [-0.05, 0) is 48.5 Å². The third-order valence-corrected chi connectivity index (χ3v) is 3.87. The highest BCUT2D eigenvalue weighted by molar-refractivity contribution is 5.91. The van der Waals surface area contributed by atoms with Gasteiger partial charge in [-0.25, -0.2) is 9.59 Å². The summed E-state index contributed by atoms with van der Waals surface area (Å²) in [6, 6.07) is -2.30. The molecule has 2 amide bonds. The topological polar surface area (TPSA) is 114 Å². The van der Waals surface area contributed by atoms with Crippen molar-refractivity contribution in [1.29, 1.82) is 0 Å². The lowest BCUT2D eigenvalue weighted by Gasteiger charge is -2.35. The van der Waals surface area contributed by atoms with E-state index in [1.807, 2.05) is 0 Å². The molecular weight excluding hydrogens is 344 g/mol. The zero-order valence-electron chi connectivity index (χ0n) is 16.7. The Balaban J connectivity index is 3.11. The molecule has 150 valence electrons. The number of ether oxygens (including phenoxy) is 3. The monoisotopic (exact) mass is 374 g/mol. The van der Waals surface area contributed by atoms with Crippen LogP contribution in [0.25, 0.3) is 0 Å². The Hall–Kier alpha value is -1.87. The fraction of sp³-hybridized carbons (Fsp3) is 0.824. The van der Waals surface area contributed by atoms with E-state index in [0.29, 0.717) is 0 Å². The Morgan fingerprint density at radius 1 is 1.27 bits per heavy atom. The highest BCUT2D eigenvalue weighted by atomic mass is 16.6. The van der Waals surface area contributed by atoms with Crippen LogP contribution in [0.1, 0.15) is 48.5 Å². The number of nitrogens with one attached hydrogen (secondary N) is 1. The van der Waals surface area contributed by atoms with Gasteiger partial charge in [0.05, 0.1) is 19.3 Å². The lowest BCUT2D eigenvalue weighted by Crippen LogP contribution is -2.59. The van der Waals surface area contributed by atoms with Crippen molar-refractivity contribution in [2.24, 2.45) is 0 Å². The van der Waals surface area contributed by atoms with Gasteiger partial charge in [-0.3, -0.25) is 9.69 Å². The van der Waals surface area contributed by atoms with Crippen molar-refractivity contribution in [2.45, 2.75) is 84.1 Å². The van der Waals surface area contributed by atoms with Crippen molar-refractivity contribution in [1.82, 2.24) is 10.2 Å². The minimum absolute atomic E-state index is 0.648. The first kappa shape index (κ1) is 22.2. The molecule has 0 spiro atoms. The zero-order chi connectivity index (χ0) is 20.4. The number of amides is 2. The Morgan fingerprint density at radius 3 is 2.23 bits per heavy atom. The number of carbonyl (C=O) groups excluding carboxylic acids is 3. The summed E-state index contributed by atoms with van der Waals surface area (Å²) in [5.74, 6) is -1.44. The smallest absolute Gasteiger partial charge is 0.413 e. The summed E-state index contributed by atoms with van der Waals surface area (Å²) in [5, 5.41) is 12.2. The summed E-state index contributed by atoms with van der Waals surface area (Å²) >= 11 is 0. The number of aliphatic hydroxyl groups is 1. The molecule has 1 aliphatic heterocycles. The third-order valence-electron chi connectivity index (χ3n) is 3.87. The van der Waals surface area contributed by atoms with E-state index in [4.69, 9.17) is 9.47 Å². The molecule has 26 heavy (non-hydrogen) atoms. The highest BCUT2D eigenvalue weighted by Crippen LogP contribution is 2.33. The quantitative estimate of drug-likeness (QED) is 0.699. The van der Waals surface area contributed by atoms with E-state index in [2.05, 4.69) is 10.1 Å². The SMILES string of the molecule is COC(=O)[C@@H](NC(=O)[C@@H]1[C@@H](C)OC(C)(C)N1C(=O)OC(C)(C)C)[C@@H](C)O. The molecule has 0 unspecified atom stereocenters. The van der Waals surface area contributed by atoms with Gasteiger partial charge in [-0.2, -0.15) is 0 Å². The number of hydrogen-bond acceptors (Lipinski definition) is 7. The van der Waals surface area contributed by atoms with E-state index in [1.54, 1.807) is 41.5 Å². The number of hydrogen-bond donors (Lipinski definition) is 2. The molecule has 4 atom stereocenters. The van der Waals surface area contributed by atoms with Crippen LogP contribution in [-0.2, 0) is 23.8 Å². The van der Waals surface area contributed by atoms with E-state index in [9.17, 15) is 19.5 Å². The molecule has 1 fully saturated rings. The maximum atomic E-state index is 12.8. The van der Waals surface area contributed by atoms with Crippen LogP contribution >= 0.6 is 0 Å². The van der Waals surface area contributed by atoms with Gasteiger partial charge in [0.1, 0.15) is 17.4 Å². The van der Waals surface area contributed by atoms with E-state index in [-0.39, 0.29) is 0 Å². The molecular formula is C17H30N2O7. The average Bonchev–Trinajstić information content (AvgIpc) is 2.70. The minimum Gasteiger partial charge on any atom is -0.467 e. The van der Waals surface area contributed by atoms with Gasteiger partial charge in [0, 0.05) is 0 Å². The summed E-state index contributed by atoms with van der Waals surface area (Å²) < 4.78 is 15.7. The summed E-state index contributed by atoms with van der Waals surface area (Å²) in [4.78, 5) is 38.4. The molecule has 0 aromatic heterocycles. The molecule has 1 rings (SSSR count). The van der Waals surface area contributed by atoms with Crippen LogP contribution in [0, 0.1) is 0 Å². The second kappa shape index (κ2) is 7.79. The predicted molar refractivity (Wildman–Crippen MR) is 92.1 cm³/mol. The molecule has 0 radical (unpaired) electrons. The molecule has 9 heteroatoms. The number of nitrogens with zero attached hydrogens (tertiary/aromatic N) is 1. The first-order valence-corrected chi connectivity index (χ1v) is 8.47. The van der Waals surface area contributed by atoms with Crippen molar-refractivity contribution in [3.05, 3.63) is 0 Å². The number of aliphatic hydroxyl groups excluding tert-OH is 1. The third kappa shape index (κ3) is 5.07. The summed E-state index contributed by atoms with van der Waals surface area (Å²) in [5.41, 5.74) is -1.84. The van der Waals surface area contributed by atoms with Gasteiger partial charge in [0.15, 0.2) is 6.04 Å². The largest absolute Gasteiger partial charge is 0.467 e. The highest BCUT2D eigenvalue weighted by Gasteiger charge is 2.53. The van der Waals surface area contributed by atoms with Gasteiger partial charge in [-0.1, -0.05) is 0 Å². The molecule has 0 saturated carbocycles. The molecule has 0 bridgehead atoms. The van der Waals surface area contributed by atoms with Crippen LogP contribution in [0.4, 0.5) is 4.79 Å². The van der Waals surface area contributed by atoms with Gasteiger partial charge in [0.2, 0.25) is 5.91 Å². The van der Waals surface area contributed by atoms with E-state index >= 15 is 0 Å². The van der Waals surface area contributed by atoms with Crippen LogP contribution in [0.2, 0.25) is 0 Å². The fourth-order valence-corrected chi connectivity index (χ4v) is 2.84. The van der Waals surface area contributed by atoms with Crippen LogP contribution in [0.5, 0.6) is 0 Å². The fourth-order valence-electron chi connectivity index (χ4n) is 2.84. The number of rotatable bonds is 4. The average molecular weight is 374 g/mol. The van der Waals surface area contributed by atoms with Gasteiger partial charge >= 0.3 is 12.1 Å². The molecule has 0 aliphatic carbocycles. The second-order valence-electron chi connectivity index (χ2n) is 7.81. The zero-order valence-corrected chi connectivity index (χ0v) is 16.7. The molecule has 0 aromatic carbocycles. The van der Waals surface area contributed by atoms with Crippen LogP contribution in [-0.4, -0.2) is 70.7 Å². The van der Waals surface area contributed by atoms with Crippen molar-refractivity contribution < 1.29 is 33.7 Å². The van der Waals surface area contributed by atoms with Crippen molar-refractivity contribution >= 4 is 18.0 Å². The molecule has 1 heterocycles. The molecule has 0 aromatic rings. The Kier molecular flexibility index (Phi) is 6.64. The van der Waals surface area contributed by atoms with Crippen molar-refractivity contribution in [2.75, 3.05) is 7.11 Å². The Labute approximate surface area is 154 Å². The first-order valence-electron chi connectivity index (χ1n) is 8.47. The lowest BCUT2D eigenvalue weighted by molar-refractivity contribution is -0.148. The standard InChI is InChI=1S/C17H30N2O7/c1-9(20)11(14(22)24-8)18-13(21)12-10(2)25-17(6,7)19(12)15(23)26-16(3,4)5/h9-12,20H,1-8H3,(H,18,21)/t9-,10-,11+,12+/m1/s1. The maximum absolute atomic E-state index is 12.8.